The first-order valence-electron chi connectivity index (χ1n) is 10.8. The first-order chi connectivity index (χ1) is 15.6. The van der Waals surface area contributed by atoms with Crippen molar-refractivity contribution in [3.63, 3.8) is 0 Å². The maximum Gasteiger partial charge on any atom is 0.320 e. The molecular weight excluding hydrogens is 408 g/mol. The summed E-state index contributed by atoms with van der Waals surface area (Å²) in [7, 11) is 1.67. The molecule has 2 aliphatic rings. The first-order valence-corrected chi connectivity index (χ1v) is 10.8. The van der Waals surface area contributed by atoms with Gasteiger partial charge >= 0.3 is 6.03 Å². The number of ether oxygens (including phenoxy) is 1. The topological polar surface area (TPSA) is 109 Å². The molecule has 0 fully saturated rings. The number of anilines is 1. The van der Waals surface area contributed by atoms with Gasteiger partial charge in [0.05, 0.1) is 55.2 Å². The predicted octanol–water partition coefficient (Wildman–Crippen LogP) is 3.28. The lowest BCUT2D eigenvalue weighted by molar-refractivity contribution is 0.184. The van der Waals surface area contributed by atoms with Crippen molar-refractivity contribution >= 4 is 22.8 Å². The van der Waals surface area contributed by atoms with Crippen molar-refractivity contribution in [1.82, 2.24) is 25.1 Å². The number of methoxy groups -OCH3 is 1. The number of benzene rings is 1. The van der Waals surface area contributed by atoms with Crippen LogP contribution in [-0.2, 0) is 17.8 Å². The summed E-state index contributed by atoms with van der Waals surface area (Å²) < 4.78 is 7.11. The Balaban J connectivity index is 1.55. The quantitative estimate of drug-likeness (QED) is 0.655. The van der Waals surface area contributed by atoms with E-state index in [9.17, 15) is 4.79 Å². The molecule has 2 amide bonds. The Morgan fingerprint density at radius 1 is 1.25 bits per heavy atom. The van der Waals surface area contributed by atoms with Gasteiger partial charge in [-0.05, 0) is 25.0 Å². The molecule has 4 heterocycles. The monoisotopic (exact) mass is 434 g/mol. The van der Waals surface area contributed by atoms with Gasteiger partial charge in [0.1, 0.15) is 5.82 Å². The van der Waals surface area contributed by atoms with Gasteiger partial charge in [-0.1, -0.05) is 35.6 Å². The van der Waals surface area contributed by atoms with Crippen LogP contribution in [0, 0.1) is 0 Å². The van der Waals surface area contributed by atoms with E-state index in [1.54, 1.807) is 13.3 Å². The zero-order chi connectivity index (χ0) is 22.1. The van der Waals surface area contributed by atoms with E-state index in [0.29, 0.717) is 31.9 Å². The summed E-state index contributed by atoms with van der Waals surface area (Å²) in [6, 6.07) is 11.3. The van der Waals surface area contributed by atoms with E-state index >= 15 is 0 Å². The molecule has 10 nitrogen and oxygen atoms in total. The number of rotatable bonds is 4. The zero-order valence-corrected chi connectivity index (χ0v) is 18.1. The third-order valence-electron chi connectivity index (χ3n) is 6.08. The smallest absolute Gasteiger partial charge is 0.320 e. The molecule has 4 bridgehead atoms. The molecule has 0 spiro atoms. The molecular formula is C22H26N8O2. The average molecular weight is 435 g/mol. The minimum absolute atomic E-state index is 0.0444. The molecule has 2 aliphatic heterocycles. The average Bonchev–Trinajstić information content (AvgIpc) is 3.36. The third kappa shape index (κ3) is 3.89. The number of hydrogen-bond acceptors (Lipinski definition) is 7. The van der Waals surface area contributed by atoms with Crippen molar-refractivity contribution in [2.24, 2.45) is 10.3 Å². The van der Waals surface area contributed by atoms with Gasteiger partial charge in [-0.3, -0.25) is 15.0 Å². The Morgan fingerprint density at radius 2 is 2.09 bits per heavy atom. The first kappa shape index (κ1) is 20.4. The van der Waals surface area contributed by atoms with Gasteiger partial charge in [0.2, 0.25) is 0 Å². The minimum Gasteiger partial charge on any atom is -0.383 e. The summed E-state index contributed by atoms with van der Waals surface area (Å²) in [5.74, 6) is 0.476. The normalized spacial score (nSPS) is 22.9. The molecule has 2 aromatic heterocycles. The second-order valence-electron chi connectivity index (χ2n) is 8.16. The largest absolute Gasteiger partial charge is 0.383 e. The van der Waals surface area contributed by atoms with Crippen LogP contribution >= 0.6 is 0 Å². The van der Waals surface area contributed by atoms with Crippen molar-refractivity contribution in [3.8, 4) is 0 Å². The molecule has 10 heteroatoms. The summed E-state index contributed by atoms with van der Waals surface area (Å²) in [4.78, 5) is 17.7. The summed E-state index contributed by atoms with van der Waals surface area (Å²) in [6.07, 6.45) is 2.44. The Kier molecular flexibility index (Phi) is 5.44. The van der Waals surface area contributed by atoms with Crippen LogP contribution in [0.2, 0.25) is 0 Å². The van der Waals surface area contributed by atoms with Gasteiger partial charge in [0.15, 0.2) is 0 Å². The van der Waals surface area contributed by atoms with Crippen LogP contribution in [0.25, 0.3) is 10.9 Å². The maximum absolute atomic E-state index is 12.9. The lowest BCUT2D eigenvalue weighted by atomic mass is 9.96. The molecule has 3 atom stereocenters. The zero-order valence-electron chi connectivity index (χ0n) is 18.1. The van der Waals surface area contributed by atoms with Crippen LogP contribution in [0.5, 0.6) is 0 Å². The highest BCUT2D eigenvalue weighted by atomic mass is 16.5. The molecule has 2 N–H and O–H groups in total. The molecule has 166 valence electrons. The lowest BCUT2D eigenvalue weighted by Gasteiger charge is -2.27. The molecule has 32 heavy (non-hydrogen) atoms. The van der Waals surface area contributed by atoms with Crippen molar-refractivity contribution in [2.45, 2.75) is 44.6 Å². The Bertz CT molecular complexity index is 1150. The standard InChI is InChI=1S/C22H26N8O2/c1-14-17-11-18(15-6-4-3-5-7-15)25-22(31)26-20-10-16-12-23-29(8-9-32-2)21(16)19(24-20)13-30(14)28-27-17/h3-7,10,12,14,17-18H,8-9,11,13H2,1-2H3,(H2,24,25,26,31). The molecule has 0 aliphatic carbocycles. The number of hydrogen-bond donors (Lipinski definition) is 2. The Morgan fingerprint density at radius 3 is 2.91 bits per heavy atom. The van der Waals surface area contributed by atoms with E-state index in [1.165, 1.54) is 0 Å². The summed E-state index contributed by atoms with van der Waals surface area (Å²) in [5.41, 5.74) is 2.74. The van der Waals surface area contributed by atoms with Gasteiger partial charge in [-0.25, -0.2) is 9.78 Å². The SMILES string of the molecule is COCCn1ncc2cc3nc(c21)CN1N=NC(CC(c2ccccc2)NC(=O)N3)C1C. The van der Waals surface area contributed by atoms with Gasteiger partial charge in [-0.2, -0.15) is 10.2 Å². The van der Waals surface area contributed by atoms with Gasteiger partial charge in [-0.15, -0.1) is 0 Å². The van der Waals surface area contributed by atoms with Crippen LogP contribution in [0.4, 0.5) is 10.6 Å². The molecule has 0 saturated carbocycles. The van der Waals surface area contributed by atoms with E-state index in [1.807, 2.05) is 46.1 Å². The maximum atomic E-state index is 12.9. The number of carbonyl (C=O) groups excluding carboxylic acids is 1. The number of urea groups is 1. The number of nitrogens with one attached hydrogen (secondary N) is 2. The summed E-state index contributed by atoms with van der Waals surface area (Å²) >= 11 is 0. The molecule has 3 unspecified atom stereocenters. The van der Waals surface area contributed by atoms with Crippen molar-refractivity contribution in [2.75, 3.05) is 19.0 Å². The van der Waals surface area contributed by atoms with Crippen LogP contribution in [0.15, 0.2) is 52.9 Å². The molecule has 5 rings (SSSR count). The molecule has 1 aromatic carbocycles. The number of pyridine rings is 1. The molecule has 0 saturated heterocycles. The van der Waals surface area contributed by atoms with E-state index in [2.05, 4.69) is 33.0 Å². The highest BCUT2D eigenvalue weighted by molar-refractivity contribution is 5.92. The summed E-state index contributed by atoms with van der Waals surface area (Å²) in [5, 5.41) is 22.4. The Hall–Kier alpha value is -3.53. The number of amides is 2. The van der Waals surface area contributed by atoms with Crippen molar-refractivity contribution in [3.05, 3.63) is 53.9 Å². The highest BCUT2D eigenvalue weighted by Gasteiger charge is 2.33. The van der Waals surface area contributed by atoms with Crippen molar-refractivity contribution < 1.29 is 9.53 Å². The van der Waals surface area contributed by atoms with E-state index in [-0.39, 0.29) is 24.2 Å². The van der Waals surface area contributed by atoms with E-state index in [0.717, 1.165) is 22.2 Å². The highest BCUT2D eigenvalue weighted by Crippen LogP contribution is 2.31. The van der Waals surface area contributed by atoms with Crippen molar-refractivity contribution in [1.29, 1.82) is 0 Å². The fraction of sp³-hybridized carbons (Fsp3) is 0.409. The van der Waals surface area contributed by atoms with Crippen LogP contribution in [0.3, 0.4) is 0 Å². The third-order valence-corrected chi connectivity index (χ3v) is 6.08. The number of nitrogens with zero attached hydrogens (tertiary/aromatic N) is 6. The van der Waals surface area contributed by atoms with Gasteiger partial charge < -0.3 is 10.1 Å². The van der Waals surface area contributed by atoms with Crippen LogP contribution < -0.4 is 10.6 Å². The number of fused-ring (bicyclic) bond motifs is 6. The molecule has 3 aromatic rings. The second kappa shape index (κ2) is 8.54. The molecule has 0 radical (unpaired) electrons. The number of carbonyl (C=O) groups is 1. The van der Waals surface area contributed by atoms with E-state index < -0.39 is 0 Å². The fourth-order valence-corrected chi connectivity index (χ4v) is 4.32. The van der Waals surface area contributed by atoms with Crippen LogP contribution in [0.1, 0.15) is 30.6 Å². The van der Waals surface area contributed by atoms with Gasteiger partial charge in [0.25, 0.3) is 0 Å². The number of aromatic nitrogens is 3. The minimum atomic E-state index is -0.302. The predicted molar refractivity (Wildman–Crippen MR) is 119 cm³/mol. The van der Waals surface area contributed by atoms with E-state index in [4.69, 9.17) is 9.72 Å². The van der Waals surface area contributed by atoms with Gasteiger partial charge in [0, 0.05) is 12.5 Å². The second-order valence-corrected chi connectivity index (χ2v) is 8.16. The summed E-state index contributed by atoms with van der Waals surface area (Å²) in [6.45, 7) is 3.74. The van der Waals surface area contributed by atoms with Crippen LogP contribution in [-0.4, -0.2) is 51.6 Å². The Labute approximate surface area is 185 Å². The fourth-order valence-electron chi connectivity index (χ4n) is 4.32. The lowest BCUT2D eigenvalue weighted by Crippen LogP contribution is -2.39.